The third-order valence-electron chi connectivity index (χ3n) is 2.95. The van der Waals surface area contributed by atoms with Crippen molar-refractivity contribution in [2.24, 2.45) is 7.05 Å². The molecule has 0 aliphatic carbocycles. The van der Waals surface area contributed by atoms with Gasteiger partial charge in [0.15, 0.2) is 5.82 Å². The summed E-state index contributed by atoms with van der Waals surface area (Å²) in [5.41, 5.74) is 0.291. The summed E-state index contributed by atoms with van der Waals surface area (Å²) in [7, 11) is 1.65. The maximum Gasteiger partial charge on any atom is 0.196 e. The normalized spacial score (nSPS) is 12.5. The van der Waals surface area contributed by atoms with E-state index in [4.69, 9.17) is 11.6 Å². The molecule has 1 atom stereocenters. The molecular weight excluding hydrogens is 313 g/mol. The molecular formula is C12H11ClFN7O. The highest BCUT2D eigenvalue weighted by Crippen LogP contribution is 2.24. The number of aryl methyl sites for hydroxylation is 1. The molecule has 3 rings (SSSR count). The molecule has 0 radical (unpaired) electrons. The van der Waals surface area contributed by atoms with Crippen molar-refractivity contribution in [2.75, 3.05) is 0 Å². The van der Waals surface area contributed by atoms with Crippen LogP contribution in [0.3, 0.4) is 0 Å². The second kappa shape index (κ2) is 5.78. The van der Waals surface area contributed by atoms with Gasteiger partial charge in [0.05, 0.1) is 13.2 Å². The van der Waals surface area contributed by atoms with E-state index in [2.05, 4.69) is 25.7 Å². The molecule has 10 heteroatoms. The number of aromatic nitrogens is 7. The highest BCUT2D eigenvalue weighted by atomic mass is 35.5. The monoisotopic (exact) mass is 323 g/mol. The van der Waals surface area contributed by atoms with Crippen LogP contribution in [-0.2, 0) is 13.6 Å². The second-order valence-corrected chi connectivity index (χ2v) is 5.04. The predicted molar refractivity (Wildman–Crippen MR) is 73.4 cm³/mol. The van der Waals surface area contributed by atoms with Gasteiger partial charge in [0.2, 0.25) is 0 Å². The van der Waals surface area contributed by atoms with E-state index < -0.39 is 11.9 Å². The number of halogens is 2. The Labute approximate surface area is 129 Å². The largest absolute Gasteiger partial charge is 0.382 e. The summed E-state index contributed by atoms with van der Waals surface area (Å²) in [6.45, 7) is 0.247. The van der Waals surface area contributed by atoms with Gasteiger partial charge < -0.3 is 5.11 Å². The van der Waals surface area contributed by atoms with Gasteiger partial charge in [-0.3, -0.25) is 0 Å². The smallest absolute Gasteiger partial charge is 0.196 e. The van der Waals surface area contributed by atoms with Crippen LogP contribution in [0.25, 0.3) is 0 Å². The molecule has 0 aliphatic rings. The standard InChI is InChI=1S/C12H11ClFN7O/c1-20-17-11(16-18-20)6-21-5-10(15-19-21)12(22)8-3-2-7(13)4-9(8)14/h2-5,12,22H,6H2,1H3. The van der Waals surface area contributed by atoms with Crippen LogP contribution in [0.15, 0.2) is 24.4 Å². The first-order valence-corrected chi connectivity index (χ1v) is 6.66. The number of benzene rings is 1. The first-order chi connectivity index (χ1) is 10.5. The highest BCUT2D eigenvalue weighted by Gasteiger charge is 2.19. The molecule has 114 valence electrons. The molecule has 22 heavy (non-hydrogen) atoms. The van der Waals surface area contributed by atoms with E-state index in [9.17, 15) is 9.50 Å². The van der Waals surface area contributed by atoms with Crippen LogP contribution in [0, 0.1) is 5.82 Å². The molecule has 2 heterocycles. The van der Waals surface area contributed by atoms with Crippen LogP contribution in [0.1, 0.15) is 23.2 Å². The van der Waals surface area contributed by atoms with Crippen LogP contribution >= 0.6 is 11.6 Å². The first kappa shape index (κ1) is 14.5. The van der Waals surface area contributed by atoms with E-state index >= 15 is 0 Å². The Bertz CT molecular complexity index is 802. The highest BCUT2D eigenvalue weighted by molar-refractivity contribution is 6.30. The third kappa shape index (κ3) is 2.95. The fourth-order valence-electron chi connectivity index (χ4n) is 1.93. The quantitative estimate of drug-likeness (QED) is 0.760. The van der Waals surface area contributed by atoms with E-state index in [0.717, 1.165) is 6.07 Å². The Morgan fingerprint density at radius 2 is 2.14 bits per heavy atom. The van der Waals surface area contributed by atoms with Crippen LogP contribution in [0.2, 0.25) is 5.02 Å². The van der Waals surface area contributed by atoms with Gasteiger partial charge in [0.25, 0.3) is 0 Å². The molecule has 0 bridgehead atoms. The van der Waals surface area contributed by atoms with Crippen molar-refractivity contribution in [3.63, 3.8) is 0 Å². The molecule has 0 saturated heterocycles. The van der Waals surface area contributed by atoms with E-state index in [0.29, 0.717) is 5.82 Å². The Kier molecular flexibility index (Phi) is 3.82. The van der Waals surface area contributed by atoms with Gasteiger partial charge in [-0.1, -0.05) is 22.9 Å². The maximum atomic E-state index is 13.8. The minimum absolute atomic E-state index is 0.0778. The van der Waals surface area contributed by atoms with E-state index in [1.54, 1.807) is 7.05 Å². The average molecular weight is 324 g/mol. The zero-order valence-corrected chi connectivity index (χ0v) is 12.2. The Morgan fingerprint density at radius 1 is 1.32 bits per heavy atom. The van der Waals surface area contributed by atoms with Crippen molar-refractivity contribution in [1.82, 2.24) is 35.2 Å². The molecule has 2 aromatic heterocycles. The maximum absolute atomic E-state index is 13.8. The second-order valence-electron chi connectivity index (χ2n) is 4.60. The first-order valence-electron chi connectivity index (χ1n) is 6.29. The van der Waals surface area contributed by atoms with Gasteiger partial charge in [-0.15, -0.1) is 15.3 Å². The van der Waals surface area contributed by atoms with Crippen molar-refractivity contribution in [2.45, 2.75) is 12.6 Å². The Hall–Kier alpha value is -2.39. The van der Waals surface area contributed by atoms with Crippen molar-refractivity contribution < 1.29 is 9.50 Å². The topological polar surface area (TPSA) is 94.5 Å². The SMILES string of the molecule is Cn1nnc(Cn2cc(C(O)c3ccc(Cl)cc3F)nn2)n1. The Balaban J connectivity index is 1.80. The minimum atomic E-state index is -1.24. The van der Waals surface area contributed by atoms with Crippen LogP contribution in [0.4, 0.5) is 4.39 Å². The zero-order valence-electron chi connectivity index (χ0n) is 11.4. The lowest BCUT2D eigenvalue weighted by molar-refractivity contribution is 0.210. The lowest BCUT2D eigenvalue weighted by Crippen LogP contribution is -2.04. The summed E-state index contributed by atoms with van der Waals surface area (Å²) in [4.78, 5) is 1.32. The number of hydrogen-bond acceptors (Lipinski definition) is 6. The average Bonchev–Trinajstić information content (AvgIpc) is 3.08. The van der Waals surface area contributed by atoms with Crippen LogP contribution in [-0.4, -0.2) is 40.3 Å². The van der Waals surface area contributed by atoms with Crippen molar-refractivity contribution in [1.29, 1.82) is 0 Å². The molecule has 8 nitrogen and oxygen atoms in total. The lowest BCUT2D eigenvalue weighted by Gasteiger charge is -2.08. The molecule has 1 unspecified atom stereocenters. The van der Waals surface area contributed by atoms with E-state index in [1.165, 1.54) is 27.8 Å². The van der Waals surface area contributed by atoms with E-state index in [-0.39, 0.29) is 22.8 Å². The van der Waals surface area contributed by atoms with Crippen molar-refractivity contribution >= 4 is 11.6 Å². The summed E-state index contributed by atoms with van der Waals surface area (Å²) >= 11 is 5.69. The van der Waals surface area contributed by atoms with Crippen molar-refractivity contribution in [3.8, 4) is 0 Å². The third-order valence-corrected chi connectivity index (χ3v) is 3.18. The van der Waals surface area contributed by atoms with Gasteiger partial charge >= 0.3 is 0 Å². The molecule has 0 amide bonds. The fraction of sp³-hybridized carbons (Fsp3) is 0.250. The van der Waals surface area contributed by atoms with Gasteiger partial charge in [-0.05, 0) is 17.3 Å². The number of hydrogen-bond donors (Lipinski definition) is 1. The number of nitrogens with zero attached hydrogens (tertiary/aromatic N) is 7. The molecule has 0 aliphatic heterocycles. The zero-order chi connectivity index (χ0) is 15.7. The van der Waals surface area contributed by atoms with Crippen molar-refractivity contribution in [3.05, 3.63) is 52.3 Å². The van der Waals surface area contributed by atoms with Crippen LogP contribution in [0.5, 0.6) is 0 Å². The fourth-order valence-corrected chi connectivity index (χ4v) is 2.09. The Morgan fingerprint density at radius 3 is 2.82 bits per heavy atom. The number of rotatable bonds is 4. The number of aliphatic hydroxyl groups is 1. The molecule has 0 spiro atoms. The number of aliphatic hydroxyl groups excluding tert-OH is 1. The molecule has 1 aromatic carbocycles. The minimum Gasteiger partial charge on any atom is -0.382 e. The summed E-state index contributed by atoms with van der Waals surface area (Å²) in [5, 5.41) is 29.7. The summed E-state index contributed by atoms with van der Waals surface area (Å²) < 4.78 is 15.2. The number of tetrazole rings is 1. The predicted octanol–water partition coefficient (Wildman–Crippen LogP) is 0.724. The molecule has 0 fully saturated rings. The van der Waals surface area contributed by atoms with Gasteiger partial charge in [0, 0.05) is 10.6 Å². The molecule has 3 aromatic rings. The summed E-state index contributed by atoms with van der Waals surface area (Å²) in [6.07, 6.45) is 0.260. The summed E-state index contributed by atoms with van der Waals surface area (Å²) in [5.74, 6) is -0.156. The summed E-state index contributed by atoms with van der Waals surface area (Å²) in [6, 6.07) is 4.04. The lowest BCUT2D eigenvalue weighted by atomic mass is 10.1. The van der Waals surface area contributed by atoms with E-state index in [1.807, 2.05) is 0 Å². The molecule has 1 N–H and O–H groups in total. The van der Waals surface area contributed by atoms with Crippen LogP contribution < -0.4 is 0 Å². The molecule has 0 saturated carbocycles. The van der Waals surface area contributed by atoms with Gasteiger partial charge in [0.1, 0.15) is 24.2 Å². The van der Waals surface area contributed by atoms with Gasteiger partial charge in [-0.2, -0.15) is 4.80 Å². The van der Waals surface area contributed by atoms with Gasteiger partial charge in [-0.25, -0.2) is 9.07 Å².